The highest BCUT2D eigenvalue weighted by Gasteiger charge is 2.22. The number of nitrogens with one attached hydrogen (secondary N) is 2. The fourth-order valence-electron chi connectivity index (χ4n) is 3.92. The van der Waals surface area contributed by atoms with Crippen LogP contribution in [0.1, 0.15) is 27.5 Å². The number of nitrogens with zero attached hydrogens (tertiary/aromatic N) is 6. The zero-order chi connectivity index (χ0) is 26.1. The standard InChI is InChI=1S/C25H22F2N8O2/c1-34-13-16(11-30-34)23(14-4-5-21(37-3)19(27)8-14)33-24(36)15-9-18(26)17-12-28-25(31-20(17)10-15)32-22-6-7-29-35(22)2/h4-13,23H,1-3H3,(H,33,36)(H,28,31,32). The van der Waals surface area contributed by atoms with Gasteiger partial charge in [0.25, 0.3) is 5.91 Å². The summed E-state index contributed by atoms with van der Waals surface area (Å²) < 4.78 is 37.6. The van der Waals surface area contributed by atoms with Crippen LogP contribution in [0.3, 0.4) is 0 Å². The van der Waals surface area contributed by atoms with Gasteiger partial charge in [-0.2, -0.15) is 10.2 Å². The van der Waals surface area contributed by atoms with Crippen LogP contribution >= 0.6 is 0 Å². The smallest absolute Gasteiger partial charge is 0.252 e. The quantitative estimate of drug-likeness (QED) is 0.348. The van der Waals surface area contributed by atoms with E-state index in [-0.39, 0.29) is 28.2 Å². The number of fused-ring (bicyclic) bond motifs is 1. The minimum Gasteiger partial charge on any atom is -0.494 e. The SMILES string of the molecule is COc1ccc(C(NC(=O)c2cc(F)c3cnc(Nc4ccnn4C)nc3c2)c2cnn(C)c2)cc1F. The molecule has 0 bridgehead atoms. The zero-order valence-corrected chi connectivity index (χ0v) is 20.1. The first-order valence-corrected chi connectivity index (χ1v) is 11.2. The highest BCUT2D eigenvalue weighted by molar-refractivity contribution is 5.98. The van der Waals surface area contributed by atoms with Gasteiger partial charge < -0.3 is 15.4 Å². The summed E-state index contributed by atoms with van der Waals surface area (Å²) in [6.07, 6.45) is 6.23. The third-order valence-corrected chi connectivity index (χ3v) is 5.82. The molecule has 0 saturated carbocycles. The van der Waals surface area contributed by atoms with E-state index in [1.165, 1.54) is 31.5 Å². The van der Waals surface area contributed by atoms with E-state index in [2.05, 4.69) is 30.8 Å². The molecule has 0 spiro atoms. The van der Waals surface area contributed by atoms with Crippen LogP contribution in [-0.4, -0.2) is 42.5 Å². The van der Waals surface area contributed by atoms with Gasteiger partial charge in [0.1, 0.15) is 11.6 Å². The van der Waals surface area contributed by atoms with Gasteiger partial charge in [0, 0.05) is 43.7 Å². The number of carbonyl (C=O) groups is 1. The van der Waals surface area contributed by atoms with Gasteiger partial charge in [-0.25, -0.2) is 18.7 Å². The van der Waals surface area contributed by atoms with Crippen molar-refractivity contribution in [2.45, 2.75) is 6.04 Å². The lowest BCUT2D eigenvalue weighted by atomic mass is 10.0. The van der Waals surface area contributed by atoms with Gasteiger partial charge in [-0.15, -0.1) is 0 Å². The number of amides is 1. The molecular weight excluding hydrogens is 482 g/mol. The van der Waals surface area contributed by atoms with Crippen LogP contribution in [0.15, 0.2) is 61.2 Å². The number of benzene rings is 2. The van der Waals surface area contributed by atoms with E-state index in [1.54, 1.807) is 54.2 Å². The van der Waals surface area contributed by atoms with E-state index in [1.807, 2.05) is 0 Å². The summed E-state index contributed by atoms with van der Waals surface area (Å²) in [5.74, 6) is -0.875. The van der Waals surface area contributed by atoms with Gasteiger partial charge in [0.2, 0.25) is 5.95 Å². The fraction of sp³-hybridized carbons (Fsp3) is 0.160. The first-order valence-electron chi connectivity index (χ1n) is 11.2. The highest BCUT2D eigenvalue weighted by Crippen LogP contribution is 2.27. The third kappa shape index (κ3) is 4.81. The Labute approximate surface area is 209 Å². The maximum Gasteiger partial charge on any atom is 0.252 e. The Bertz CT molecular complexity index is 1610. The Morgan fingerprint density at radius 3 is 2.54 bits per heavy atom. The summed E-state index contributed by atoms with van der Waals surface area (Å²) >= 11 is 0. The van der Waals surface area contributed by atoms with Crippen molar-refractivity contribution in [2.75, 3.05) is 12.4 Å². The fourth-order valence-corrected chi connectivity index (χ4v) is 3.92. The molecule has 3 heterocycles. The second kappa shape index (κ2) is 9.64. The lowest BCUT2D eigenvalue weighted by Crippen LogP contribution is -2.29. The first kappa shape index (κ1) is 23.9. The minimum absolute atomic E-state index is 0.0399. The molecule has 10 nitrogen and oxygen atoms in total. The van der Waals surface area contributed by atoms with Gasteiger partial charge in [-0.05, 0) is 29.8 Å². The Morgan fingerprint density at radius 1 is 1.03 bits per heavy atom. The second-order valence-electron chi connectivity index (χ2n) is 8.30. The summed E-state index contributed by atoms with van der Waals surface area (Å²) in [5.41, 5.74) is 1.36. The summed E-state index contributed by atoms with van der Waals surface area (Å²) in [6, 6.07) is 7.96. The molecule has 2 aromatic carbocycles. The lowest BCUT2D eigenvalue weighted by molar-refractivity contribution is 0.0942. The largest absolute Gasteiger partial charge is 0.494 e. The van der Waals surface area contributed by atoms with Crippen LogP contribution in [0.4, 0.5) is 20.5 Å². The van der Waals surface area contributed by atoms with Gasteiger partial charge in [0.05, 0.1) is 36.4 Å². The maximum atomic E-state index is 14.9. The van der Waals surface area contributed by atoms with Gasteiger partial charge in [-0.3, -0.25) is 14.2 Å². The van der Waals surface area contributed by atoms with Crippen molar-refractivity contribution in [1.82, 2.24) is 34.8 Å². The predicted octanol–water partition coefficient (Wildman–Crippen LogP) is 3.65. The molecule has 0 saturated heterocycles. The van der Waals surface area contributed by atoms with Crippen molar-refractivity contribution in [2.24, 2.45) is 14.1 Å². The van der Waals surface area contributed by atoms with Crippen LogP contribution in [0.5, 0.6) is 5.75 Å². The number of aryl methyl sites for hydroxylation is 2. The molecule has 188 valence electrons. The number of rotatable bonds is 7. The van der Waals surface area contributed by atoms with E-state index in [0.717, 1.165) is 6.07 Å². The van der Waals surface area contributed by atoms with Crippen molar-refractivity contribution in [3.8, 4) is 5.75 Å². The number of hydrogen-bond donors (Lipinski definition) is 2. The maximum absolute atomic E-state index is 14.9. The number of anilines is 2. The zero-order valence-electron chi connectivity index (χ0n) is 20.1. The average Bonchev–Trinajstić information content (AvgIpc) is 3.49. The van der Waals surface area contributed by atoms with Crippen molar-refractivity contribution < 1.29 is 18.3 Å². The number of methoxy groups -OCH3 is 1. The summed E-state index contributed by atoms with van der Waals surface area (Å²) in [6.45, 7) is 0. The molecule has 0 aliphatic heterocycles. The molecule has 2 N–H and O–H groups in total. The molecular formula is C25H22F2N8O2. The van der Waals surface area contributed by atoms with Gasteiger partial charge in [0.15, 0.2) is 11.6 Å². The van der Waals surface area contributed by atoms with Crippen LogP contribution in [-0.2, 0) is 14.1 Å². The second-order valence-corrected chi connectivity index (χ2v) is 8.30. The Balaban J connectivity index is 1.48. The van der Waals surface area contributed by atoms with Crippen molar-refractivity contribution >= 4 is 28.6 Å². The third-order valence-electron chi connectivity index (χ3n) is 5.82. The average molecular weight is 505 g/mol. The van der Waals surface area contributed by atoms with Crippen molar-refractivity contribution in [1.29, 1.82) is 0 Å². The molecule has 0 radical (unpaired) electrons. The highest BCUT2D eigenvalue weighted by atomic mass is 19.1. The van der Waals surface area contributed by atoms with Crippen LogP contribution in [0.2, 0.25) is 0 Å². The predicted molar refractivity (Wildman–Crippen MR) is 131 cm³/mol. The normalized spacial score (nSPS) is 11.9. The van der Waals surface area contributed by atoms with Crippen LogP contribution in [0, 0.1) is 11.6 Å². The molecule has 5 rings (SSSR count). The number of halogens is 2. The molecule has 3 aromatic heterocycles. The van der Waals surface area contributed by atoms with Crippen LogP contribution < -0.4 is 15.4 Å². The van der Waals surface area contributed by atoms with E-state index in [0.29, 0.717) is 16.9 Å². The summed E-state index contributed by atoms with van der Waals surface area (Å²) in [5, 5.41) is 14.2. The van der Waals surface area contributed by atoms with Crippen molar-refractivity contribution in [3.05, 3.63) is 89.5 Å². The Hall–Kier alpha value is -4.87. The van der Waals surface area contributed by atoms with Crippen LogP contribution in [0.25, 0.3) is 10.9 Å². The summed E-state index contributed by atoms with van der Waals surface area (Å²) in [7, 11) is 4.85. The molecule has 12 heteroatoms. The number of carbonyl (C=O) groups excluding carboxylic acids is 1. The molecule has 0 aliphatic carbocycles. The molecule has 1 atom stereocenters. The minimum atomic E-state index is -0.757. The topological polar surface area (TPSA) is 112 Å². The molecule has 37 heavy (non-hydrogen) atoms. The van der Waals surface area contributed by atoms with Crippen molar-refractivity contribution in [3.63, 3.8) is 0 Å². The molecule has 0 fully saturated rings. The Morgan fingerprint density at radius 2 is 1.86 bits per heavy atom. The van der Waals surface area contributed by atoms with E-state index >= 15 is 0 Å². The van der Waals surface area contributed by atoms with Gasteiger partial charge in [-0.1, -0.05) is 6.07 Å². The number of hydrogen-bond acceptors (Lipinski definition) is 7. The molecule has 1 amide bonds. The van der Waals surface area contributed by atoms with Gasteiger partial charge >= 0.3 is 0 Å². The molecule has 5 aromatic rings. The summed E-state index contributed by atoms with van der Waals surface area (Å²) in [4.78, 5) is 21.8. The monoisotopic (exact) mass is 504 g/mol. The molecule has 1 unspecified atom stereocenters. The Kier molecular flexibility index (Phi) is 6.22. The first-order chi connectivity index (χ1) is 17.8. The number of ether oxygens (including phenoxy) is 1. The van der Waals surface area contributed by atoms with E-state index < -0.39 is 23.6 Å². The van der Waals surface area contributed by atoms with E-state index in [4.69, 9.17) is 4.74 Å². The number of aromatic nitrogens is 6. The van der Waals surface area contributed by atoms with E-state index in [9.17, 15) is 13.6 Å². The lowest BCUT2D eigenvalue weighted by Gasteiger charge is -2.19. The molecule has 0 aliphatic rings.